The highest BCUT2D eigenvalue weighted by Gasteiger charge is 2.25. The number of hydrogen-bond acceptors (Lipinski definition) is 4. The van der Waals surface area contributed by atoms with Crippen molar-refractivity contribution in [3.63, 3.8) is 0 Å². The fourth-order valence-electron chi connectivity index (χ4n) is 1.78. The Hall–Kier alpha value is -1.13. The predicted molar refractivity (Wildman–Crippen MR) is 71.3 cm³/mol. The van der Waals surface area contributed by atoms with Crippen molar-refractivity contribution < 1.29 is 14.3 Å². The highest BCUT2D eigenvalue weighted by atomic mass is 35.5. The molecule has 0 aliphatic carbocycles. The lowest BCUT2D eigenvalue weighted by Crippen LogP contribution is -2.10. The summed E-state index contributed by atoms with van der Waals surface area (Å²) in [6, 6.07) is 3.62. The molecule has 1 unspecified atom stereocenters. The molecule has 1 atom stereocenters. The van der Waals surface area contributed by atoms with E-state index in [-0.39, 0.29) is 6.10 Å². The number of nitrogens with zero attached hydrogens (tertiary/aromatic N) is 1. The molecule has 0 N–H and O–H groups in total. The van der Waals surface area contributed by atoms with E-state index in [1.807, 2.05) is 6.07 Å². The third-order valence-corrected chi connectivity index (χ3v) is 3.42. The van der Waals surface area contributed by atoms with Crippen LogP contribution >= 0.6 is 23.2 Å². The zero-order valence-electron chi connectivity index (χ0n) is 10.1. The van der Waals surface area contributed by atoms with E-state index in [4.69, 9.17) is 37.5 Å². The van der Waals surface area contributed by atoms with Crippen LogP contribution < -0.4 is 9.47 Å². The first kappa shape index (κ1) is 13.3. The van der Waals surface area contributed by atoms with Gasteiger partial charge in [0.05, 0.1) is 30.8 Å². The van der Waals surface area contributed by atoms with Crippen LogP contribution in [0, 0.1) is 0 Å². The smallest absolute Gasteiger partial charge is 0.180 e. The van der Waals surface area contributed by atoms with Gasteiger partial charge in [0.25, 0.3) is 0 Å². The number of hydrogen-bond donors (Lipinski definition) is 0. The van der Waals surface area contributed by atoms with Gasteiger partial charge in [-0.15, -0.1) is 11.6 Å². The third kappa shape index (κ3) is 2.35. The summed E-state index contributed by atoms with van der Waals surface area (Å²) in [5.41, 5.74) is 1.55. The largest absolute Gasteiger partial charge is 0.493 e. The Kier molecular flexibility index (Phi) is 4.19. The number of ether oxygens (including phenoxy) is 2. The summed E-state index contributed by atoms with van der Waals surface area (Å²) in [4.78, 5) is 5.18. The molecule has 0 radical (unpaired) electrons. The molecular formula is C12H13Cl2NO3. The van der Waals surface area contributed by atoms with E-state index in [0.717, 1.165) is 11.3 Å². The van der Waals surface area contributed by atoms with Gasteiger partial charge in [0.2, 0.25) is 0 Å². The van der Waals surface area contributed by atoms with E-state index in [1.165, 1.54) is 0 Å². The molecule has 1 aliphatic heterocycles. The van der Waals surface area contributed by atoms with Crippen molar-refractivity contribution in [3.05, 3.63) is 22.7 Å². The van der Waals surface area contributed by atoms with Crippen LogP contribution in [0.2, 0.25) is 5.02 Å². The van der Waals surface area contributed by atoms with Crippen LogP contribution in [-0.2, 0) is 4.84 Å². The molecule has 1 aromatic rings. The monoisotopic (exact) mass is 289 g/mol. The van der Waals surface area contributed by atoms with Crippen LogP contribution in [0.1, 0.15) is 12.0 Å². The molecule has 1 aromatic carbocycles. The van der Waals surface area contributed by atoms with E-state index in [9.17, 15) is 0 Å². The first-order chi connectivity index (χ1) is 8.71. The van der Waals surface area contributed by atoms with Crippen molar-refractivity contribution in [1.82, 2.24) is 0 Å². The number of methoxy groups -OCH3 is 2. The number of oxime groups is 1. The summed E-state index contributed by atoms with van der Waals surface area (Å²) in [5, 5.41) is 4.47. The van der Waals surface area contributed by atoms with Gasteiger partial charge in [-0.1, -0.05) is 16.8 Å². The Labute approximate surface area is 115 Å². The second-order valence-corrected chi connectivity index (χ2v) is 4.47. The molecule has 0 saturated heterocycles. The molecular weight excluding hydrogens is 277 g/mol. The maximum absolute atomic E-state index is 6.29. The van der Waals surface area contributed by atoms with E-state index < -0.39 is 0 Å². The summed E-state index contributed by atoms with van der Waals surface area (Å²) in [6.07, 6.45) is 0.546. The Balaban J connectivity index is 2.35. The quantitative estimate of drug-likeness (QED) is 0.800. The average Bonchev–Trinajstić information content (AvgIpc) is 2.86. The van der Waals surface area contributed by atoms with E-state index in [0.29, 0.717) is 28.8 Å². The Bertz CT molecular complexity index is 477. The normalized spacial score (nSPS) is 18.2. The molecule has 1 heterocycles. The zero-order valence-corrected chi connectivity index (χ0v) is 11.6. The molecule has 2 rings (SSSR count). The van der Waals surface area contributed by atoms with Gasteiger partial charge >= 0.3 is 0 Å². The average molecular weight is 290 g/mol. The first-order valence-electron chi connectivity index (χ1n) is 5.40. The van der Waals surface area contributed by atoms with Gasteiger partial charge in [-0.25, -0.2) is 0 Å². The van der Waals surface area contributed by atoms with Crippen LogP contribution in [0.5, 0.6) is 11.5 Å². The van der Waals surface area contributed by atoms with Crippen molar-refractivity contribution >= 4 is 28.9 Å². The molecule has 4 nitrogen and oxygen atoms in total. The molecule has 18 heavy (non-hydrogen) atoms. The maximum Gasteiger partial charge on any atom is 0.180 e. The molecule has 0 spiro atoms. The molecule has 98 valence electrons. The lowest BCUT2D eigenvalue weighted by Gasteiger charge is -2.12. The molecule has 1 aliphatic rings. The Morgan fingerprint density at radius 2 is 2.17 bits per heavy atom. The van der Waals surface area contributed by atoms with Crippen LogP contribution in [0.4, 0.5) is 0 Å². The summed E-state index contributed by atoms with van der Waals surface area (Å²) in [5.74, 6) is 1.48. The minimum Gasteiger partial charge on any atom is -0.493 e. The molecule has 0 saturated carbocycles. The maximum atomic E-state index is 6.29. The highest BCUT2D eigenvalue weighted by Crippen LogP contribution is 2.38. The van der Waals surface area contributed by atoms with Gasteiger partial charge in [0, 0.05) is 12.0 Å². The fraction of sp³-hybridized carbons (Fsp3) is 0.417. The van der Waals surface area contributed by atoms with Gasteiger partial charge < -0.3 is 14.3 Å². The zero-order chi connectivity index (χ0) is 13.1. The molecule has 0 aromatic heterocycles. The van der Waals surface area contributed by atoms with E-state index in [2.05, 4.69) is 5.16 Å². The van der Waals surface area contributed by atoms with Gasteiger partial charge in [-0.2, -0.15) is 0 Å². The first-order valence-corrected chi connectivity index (χ1v) is 6.32. The molecule has 0 bridgehead atoms. The van der Waals surface area contributed by atoms with Crippen molar-refractivity contribution in [2.45, 2.75) is 12.5 Å². The minimum atomic E-state index is -0.0918. The summed E-state index contributed by atoms with van der Waals surface area (Å²) >= 11 is 12.0. The second kappa shape index (κ2) is 5.67. The molecule has 0 amide bonds. The topological polar surface area (TPSA) is 40.0 Å². The second-order valence-electron chi connectivity index (χ2n) is 3.79. The lowest BCUT2D eigenvalue weighted by atomic mass is 10.0. The Morgan fingerprint density at radius 3 is 2.72 bits per heavy atom. The van der Waals surface area contributed by atoms with E-state index in [1.54, 1.807) is 20.3 Å². The standard InChI is InChI=1S/C12H13Cl2NO3/c1-16-10-4-3-8(11(14)12(10)17-2)9-5-7(6-13)18-15-9/h3-4,7H,5-6H2,1-2H3. The molecule has 6 heteroatoms. The van der Waals surface area contributed by atoms with Gasteiger partial charge in [-0.3, -0.25) is 0 Å². The minimum absolute atomic E-state index is 0.0918. The third-order valence-electron chi connectivity index (χ3n) is 2.70. The highest BCUT2D eigenvalue weighted by molar-refractivity contribution is 6.36. The van der Waals surface area contributed by atoms with Crippen molar-refractivity contribution in [2.24, 2.45) is 5.16 Å². The van der Waals surface area contributed by atoms with E-state index >= 15 is 0 Å². The van der Waals surface area contributed by atoms with Gasteiger partial charge in [-0.05, 0) is 12.1 Å². The van der Waals surface area contributed by atoms with Crippen LogP contribution in [-0.4, -0.2) is 31.9 Å². The van der Waals surface area contributed by atoms with Gasteiger partial charge in [0.1, 0.15) is 6.10 Å². The number of halogens is 2. The Morgan fingerprint density at radius 1 is 1.39 bits per heavy atom. The van der Waals surface area contributed by atoms with Crippen LogP contribution in [0.15, 0.2) is 17.3 Å². The lowest BCUT2D eigenvalue weighted by molar-refractivity contribution is 0.102. The van der Waals surface area contributed by atoms with Crippen LogP contribution in [0.3, 0.4) is 0 Å². The summed E-state index contributed by atoms with van der Waals surface area (Å²) in [6.45, 7) is 0. The predicted octanol–water partition coefficient (Wildman–Crippen LogP) is 3.09. The number of alkyl halides is 1. The van der Waals surface area contributed by atoms with Gasteiger partial charge in [0.15, 0.2) is 11.5 Å². The summed E-state index contributed by atoms with van der Waals surface area (Å²) in [7, 11) is 3.11. The van der Waals surface area contributed by atoms with Crippen molar-refractivity contribution in [3.8, 4) is 11.5 Å². The van der Waals surface area contributed by atoms with Crippen molar-refractivity contribution in [2.75, 3.05) is 20.1 Å². The number of rotatable bonds is 4. The SMILES string of the molecule is COc1ccc(C2=NOC(CCl)C2)c(Cl)c1OC. The summed E-state index contributed by atoms with van der Waals surface area (Å²) < 4.78 is 10.4. The molecule has 0 fully saturated rings. The fourth-order valence-corrected chi connectivity index (χ4v) is 2.29. The van der Waals surface area contributed by atoms with Crippen LogP contribution in [0.25, 0.3) is 0 Å². The van der Waals surface area contributed by atoms with Crippen molar-refractivity contribution in [1.29, 1.82) is 0 Å². The number of benzene rings is 1.